The molecule has 1 fully saturated rings. The van der Waals surface area contributed by atoms with E-state index in [4.69, 9.17) is 0 Å². The first-order valence-electron chi connectivity index (χ1n) is 7.77. The average Bonchev–Trinajstić information content (AvgIpc) is 3.09. The Bertz CT molecular complexity index is 593. The highest BCUT2D eigenvalue weighted by molar-refractivity contribution is 5.90. The molecular formula is C16H22ClN5O. The van der Waals surface area contributed by atoms with Crippen LogP contribution in [0.1, 0.15) is 25.7 Å². The normalized spacial score (nSPS) is 15.0. The highest BCUT2D eigenvalue weighted by Crippen LogP contribution is 2.20. The third kappa shape index (κ3) is 5.04. The van der Waals surface area contributed by atoms with Crippen molar-refractivity contribution in [2.45, 2.75) is 25.7 Å². The summed E-state index contributed by atoms with van der Waals surface area (Å²) in [6.45, 7) is 2.16. The van der Waals surface area contributed by atoms with Crippen molar-refractivity contribution in [3.05, 3.63) is 30.6 Å². The second-order valence-electron chi connectivity index (χ2n) is 5.69. The lowest BCUT2D eigenvalue weighted by atomic mass is 9.93. The van der Waals surface area contributed by atoms with Gasteiger partial charge in [-0.15, -0.1) is 12.4 Å². The lowest BCUT2D eigenvalue weighted by molar-refractivity contribution is -0.116. The second kappa shape index (κ2) is 8.64. The number of hydrogen-bond acceptors (Lipinski definition) is 4. The summed E-state index contributed by atoms with van der Waals surface area (Å²) in [5, 5.41) is 12.9. The van der Waals surface area contributed by atoms with E-state index >= 15 is 0 Å². The fourth-order valence-corrected chi connectivity index (χ4v) is 2.79. The number of aromatic nitrogens is 3. The van der Waals surface area contributed by atoms with Crippen LogP contribution in [0.3, 0.4) is 0 Å². The van der Waals surface area contributed by atoms with Gasteiger partial charge in [0.05, 0.1) is 0 Å². The molecule has 3 rings (SSSR count). The van der Waals surface area contributed by atoms with E-state index in [1.165, 1.54) is 19.2 Å². The summed E-state index contributed by atoms with van der Waals surface area (Å²) < 4.78 is 0. The van der Waals surface area contributed by atoms with Gasteiger partial charge in [-0.3, -0.25) is 9.89 Å². The molecule has 0 bridgehead atoms. The van der Waals surface area contributed by atoms with Gasteiger partial charge in [0.1, 0.15) is 6.33 Å². The Balaban J connectivity index is 0.00000192. The molecular weight excluding hydrogens is 314 g/mol. The molecule has 7 heteroatoms. The summed E-state index contributed by atoms with van der Waals surface area (Å²) in [6.07, 6.45) is 5.41. The van der Waals surface area contributed by atoms with Crippen molar-refractivity contribution in [1.29, 1.82) is 0 Å². The van der Waals surface area contributed by atoms with Gasteiger partial charge in [-0.1, -0.05) is 0 Å². The third-order valence-electron chi connectivity index (χ3n) is 4.10. The molecule has 0 unspecified atom stereocenters. The van der Waals surface area contributed by atoms with Crippen LogP contribution >= 0.6 is 12.4 Å². The lowest BCUT2D eigenvalue weighted by Crippen LogP contribution is -2.28. The van der Waals surface area contributed by atoms with Crippen LogP contribution < -0.4 is 10.6 Å². The van der Waals surface area contributed by atoms with Crippen LogP contribution in [0.5, 0.6) is 0 Å². The van der Waals surface area contributed by atoms with Gasteiger partial charge >= 0.3 is 0 Å². The van der Waals surface area contributed by atoms with Crippen molar-refractivity contribution in [2.24, 2.45) is 5.92 Å². The number of nitrogens with zero attached hydrogens (tertiary/aromatic N) is 2. The van der Waals surface area contributed by atoms with E-state index in [-0.39, 0.29) is 18.3 Å². The number of carbonyl (C=O) groups is 1. The quantitative estimate of drug-likeness (QED) is 0.784. The van der Waals surface area contributed by atoms with E-state index in [1.807, 2.05) is 24.3 Å². The molecule has 1 aromatic carbocycles. The standard InChI is InChI=1S/C16H21N5O.ClH/c22-15(6-1-12-7-9-17-10-8-12)20-14-4-2-13(3-5-14)16-18-11-19-21-16;/h2-5,11-12,17H,1,6-10H2,(H,20,22)(H,18,19,21);1H. The summed E-state index contributed by atoms with van der Waals surface area (Å²) in [5.74, 6) is 1.50. The largest absolute Gasteiger partial charge is 0.326 e. The number of aromatic amines is 1. The number of piperidine rings is 1. The maximum atomic E-state index is 12.0. The highest BCUT2D eigenvalue weighted by atomic mass is 35.5. The number of amides is 1. The SMILES string of the molecule is Cl.O=C(CCC1CCNCC1)Nc1ccc(-c2ncn[nH]2)cc1. The molecule has 1 aliphatic rings. The first-order chi connectivity index (χ1) is 10.8. The van der Waals surface area contributed by atoms with E-state index < -0.39 is 0 Å². The van der Waals surface area contributed by atoms with Gasteiger partial charge in [-0.2, -0.15) is 5.10 Å². The predicted octanol–water partition coefficient (Wildman–Crippen LogP) is 2.61. The first-order valence-corrected chi connectivity index (χ1v) is 7.77. The molecule has 0 spiro atoms. The second-order valence-corrected chi connectivity index (χ2v) is 5.69. The number of rotatable bonds is 5. The van der Waals surface area contributed by atoms with Crippen molar-refractivity contribution in [1.82, 2.24) is 20.5 Å². The number of halogens is 1. The van der Waals surface area contributed by atoms with Crippen molar-refractivity contribution >= 4 is 24.0 Å². The minimum atomic E-state index is 0. The maximum absolute atomic E-state index is 12.0. The van der Waals surface area contributed by atoms with Crippen molar-refractivity contribution < 1.29 is 4.79 Å². The lowest BCUT2D eigenvalue weighted by Gasteiger charge is -2.22. The van der Waals surface area contributed by atoms with Crippen LogP contribution in [0.2, 0.25) is 0 Å². The molecule has 1 aliphatic heterocycles. The number of carbonyl (C=O) groups excluding carboxylic acids is 1. The molecule has 124 valence electrons. The van der Waals surface area contributed by atoms with Gasteiger partial charge in [0.25, 0.3) is 0 Å². The van der Waals surface area contributed by atoms with Crippen molar-refractivity contribution in [3.63, 3.8) is 0 Å². The van der Waals surface area contributed by atoms with Crippen LogP contribution in [0.25, 0.3) is 11.4 Å². The summed E-state index contributed by atoms with van der Waals surface area (Å²) in [6, 6.07) is 7.62. The van der Waals surface area contributed by atoms with Gasteiger partial charge in [0, 0.05) is 17.7 Å². The molecule has 2 aromatic rings. The third-order valence-corrected chi connectivity index (χ3v) is 4.10. The highest BCUT2D eigenvalue weighted by Gasteiger charge is 2.14. The molecule has 0 radical (unpaired) electrons. The van der Waals surface area contributed by atoms with E-state index in [0.29, 0.717) is 12.3 Å². The van der Waals surface area contributed by atoms with Crippen LogP contribution in [-0.4, -0.2) is 34.2 Å². The number of hydrogen-bond donors (Lipinski definition) is 3. The molecule has 3 N–H and O–H groups in total. The van der Waals surface area contributed by atoms with Gasteiger partial charge in [0.2, 0.25) is 5.91 Å². The van der Waals surface area contributed by atoms with Gasteiger partial charge in [-0.25, -0.2) is 4.98 Å². The molecule has 0 atom stereocenters. The molecule has 23 heavy (non-hydrogen) atoms. The van der Waals surface area contributed by atoms with Crippen LogP contribution in [0, 0.1) is 5.92 Å². The summed E-state index contributed by atoms with van der Waals surface area (Å²) in [4.78, 5) is 16.1. The van der Waals surface area contributed by atoms with Crippen molar-refractivity contribution in [2.75, 3.05) is 18.4 Å². The minimum Gasteiger partial charge on any atom is -0.326 e. The smallest absolute Gasteiger partial charge is 0.224 e. The Hall–Kier alpha value is -1.92. The van der Waals surface area contributed by atoms with Crippen LogP contribution in [-0.2, 0) is 4.79 Å². The van der Waals surface area contributed by atoms with Gasteiger partial charge in [0.15, 0.2) is 5.82 Å². The molecule has 1 amide bonds. The van der Waals surface area contributed by atoms with Crippen molar-refractivity contribution in [3.8, 4) is 11.4 Å². The number of benzene rings is 1. The van der Waals surface area contributed by atoms with Gasteiger partial charge in [-0.05, 0) is 62.5 Å². The zero-order chi connectivity index (χ0) is 15.2. The number of H-pyrrole nitrogens is 1. The Kier molecular flexibility index (Phi) is 6.55. The summed E-state index contributed by atoms with van der Waals surface area (Å²) >= 11 is 0. The molecule has 2 heterocycles. The van der Waals surface area contributed by atoms with Crippen LogP contribution in [0.15, 0.2) is 30.6 Å². The monoisotopic (exact) mass is 335 g/mol. The number of nitrogens with one attached hydrogen (secondary N) is 3. The van der Waals surface area contributed by atoms with E-state index in [9.17, 15) is 4.79 Å². The number of anilines is 1. The van der Waals surface area contributed by atoms with E-state index in [0.717, 1.165) is 36.6 Å². The summed E-state index contributed by atoms with van der Waals surface area (Å²) in [7, 11) is 0. The Labute approximate surface area is 141 Å². The van der Waals surface area contributed by atoms with Gasteiger partial charge < -0.3 is 10.6 Å². The zero-order valence-electron chi connectivity index (χ0n) is 12.9. The zero-order valence-corrected chi connectivity index (χ0v) is 13.7. The predicted molar refractivity (Wildman–Crippen MR) is 92.5 cm³/mol. The average molecular weight is 336 g/mol. The Morgan fingerprint density at radius 1 is 1.22 bits per heavy atom. The molecule has 1 aromatic heterocycles. The fraction of sp³-hybridized carbons (Fsp3) is 0.438. The Morgan fingerprint density at radius 2 is 1.96 bits per heavy atom. The summed E-state index contributed by atoms with van der Waals surface area (Å²) in [5.41, 5.74) is 1.77. The Morgan fingerprint density at radius 3 is 2.61 bits per heavy atom. The first kappa shape index (κ1) is 17.4. The fourth-order valence-electron chi connectivity index (χ4n) is 2.79. The van der Waals surface area contributed by atoms with E-state index in [1.54, 1.807) is 0 Å². The maximum Gasteiger partial charge on any atom is 0.224 e. The minimum absolute atomic E-state index is 0. The molecule has 0 aliphatic carbocycles. The molecule has 0 saturated carbocycles. The topological polar surface area (TPSA) is 82.7 Å². The van der Waals surface area contributed by atoms with E-state index in [2.05, 4.69) is 25.8 Å². The molecule has 6 nitrogen and oxygen atoms in total. The van der Waals surface area contributed by atoms with Crippen LogP contribution in [0.4, 0.5) is 5.69 Å². The molecule has 1 saturated heterocycles.